The van der Waals surface area contributed by atoms with Crippen molar-refractivity contribution in [3.63, 3.8) is 0 Å². The minimum atomic E-state index is -4.43. The molecule has 0 radical (unpaired) electrons. The summed E-state index contributed by atoms with van der Waals surface area (Å²) >= 11 is 0. The van der Waals surface area contributed by atoms with Crippen LogP contribution >= 0.6 is 0 Å². The van der Waals surface area contributed by atoms with Crippen LogP contribution in [0.1, 0.15) is 47.2 Å². The molecule has 3 aromatic carbocycles. The number of benzene rings is 3. The van der Waals surface area contributed by atoms with E-state index < -0.39 is 23.1 Å². The van der Waals surface area contributed by atoms with Gasteiger partial charge >= 0.3 is 12.1 Å². The third kappa shape index (κ3) is 6.52. The van der Waals surface area contributed by atoms with Gasteiger partial charge in [-0.3, -0.25) is 9.59 Å². The van der Waals surface area contributed by atoms with Crippen molar-refractivity contribution in [2.75, 3.05) is 19.6 Å². The second-order valence-electron chi connectivity index (χ2n) is 11.8. The fourth-order valence-electron chi connectivity index (χ4n) is 6.88. The third-order valence-corrected chi connectivity index (χ3v) is 9.23. The number of halogens is 3. The van der Waals surface area contributed by atoms with Crippen LogP contribution in [0.15, 0.2) is 115 Å². The SMILES string of the molecule is C=CC1=C(C=C)C(C(=O)O)(c2ccccc2)CCC1CN1CCC(NC(=O)c2ccccc2-c2ccc(C(F)(F)F)cc2)CC1. The molecule has 0 bridgehead atoms. The number of piperidine rings is 1. The van der Waals surface area contributed by atoms with Crippen molar-refractivity contribution in [3.8, 4) is 11.1 Å². The van der Waals surface area contributed by atoms with Gasteiger partial charge in [0.2, 0.25) is 0 Å². The Morgan fingerprint density at radius 3 is 2.16 bits per heavy atom. The molecule has 1 saturated heterocycles. The van der Waals surface area contributed by atoms with Crippen LogP contribution in [0, 0.1) is 5.92 Å². The first-order valence-corrected chi connectivity index (χ1v) is 15.2. The van der Waals surface area contributed by atoms with Crippen LogP contribution in [-0.2, 0) is 16.4 Å². The van der Waals surface area contributed by atoms with E-state index in [1.54, 1.807) is 36.4 Å². The molecule has 8 heteroatoms. The Kier molecular flexibility index (Phi) is 9.44. The van der Waals surface area contributed by atoms with Crippen molar-refractivity contribution in [3.05, 3.63) is 132 Å². The molecule has 1 amide bonds. The van der Waals surface area contributed by atoms with Gasteiger partial charge < -0.3 is 15.3 Å². The van der Waals surface area contributed by atoms with Crippen molar-refractivity contribution in [1.29, 1.82) is 0 Å². The molecule has 2 atom stereocenters. The van der Waals surface area contributed by atoms with Crippen LogP contribution in [0.4, 0.5) is 13.2 Å². The Morgan fingerprint density at radius 1 is 0.911 bits per heavy atom. The van der Waals surface area contributed by atoms with Crippen LogP contribution in [-0.4, -0.2) is 47.6 Å². The quantitative estimate of drug-likeness (QED) is 0.260. The second-order valence-corrected chi connectivity index (χ2v) is 11.8. The maximum Gasteiger partial charge on any atom is 0.416 e. The fraction of sp³-hybridized carbons (Fsp3) is 0.297. The highest BCUT2D eigenvalue weighted by molar-refractivity contribution is 6.01. The smallest absolute Gasteiger partial charge is 0.416 e. The van der Waals surface area contributed by atoms with Gasteiger partial charge in [-0.1, -0.05) is 86.0 Å². The Labute approximate surface area is 261 Å². The molecule has 1 aliphatic heterocycles. The summed E-state index contributed by atoms with van der Waals surface area (Å²) in [6.07, 6.45) is 1.66. The minimum absolute atomic E-state index is 0.0448. The highest BCUT2D eigenvalue weighted by Crippen LogP contribution is 2.47. The standard InChI is InChI=1S/C37H37F3N2O3/c1-3-30-26(18-21-36(35(44)45,33(30)4-2)27-10-6-5-7-11-27)24-42-22-19-29(20-23-42)41-34(43)32-13-9-8-12-31(32)25-14-16-28(17-15-25)37(38,39)40/h3-17,26,29H,1-2,18-24H2,(H,41,43)(H,44,45). The summed E-state index contributed by atoms with van der Waals surface area (Å²) in [5.74, 6) is -1.04. The lowest BCUT2D eigenvalue weighted by Crippen LogP contribution is -2.47. The molecular weight excluding hydrogens is 577 g/mol. The van der Waals surface area contributed by atoms with Gasteiger partial charge in [-0.2, -0.15) is 13.2 Å². The third-order valence-electron chi connectivity index (χ3n) is 9.23. The minimum Gasteiger partial charge on any atom is -0.480 e. The molecule has 234 valence electrons. The molecule has 0 saturated carbocycles. The second kappa shape index (κ2) is 13.3. The van der Waals surface area contributed by atoms with E-state index in [0.29, 0.717) is 35.1 Å². The van der Waals surface area contributed by atoms with E-state index in [2.05, 4.69) is 23.4 Å². The molecule has 0 aromatic heterocycles. The Bertz CT molecular complexity index is 1590. The van der Waals surface area contributed by atoms with E-state index in [0.717, 1.165) is 55.7 Å². The van der Waals surface area contributed by atoms with Gasteiger partial charge in [0.05, 0.1) is 5.56 Å². The van der Waals surface area contributed by atoms with Gasteiger partial charge in [0, 0.05) is 31.2 Å². The maximum atomic E-state index is 13.3. The van der Waals surface area contributed by atoms with Crippen molar-refractivity contribution in [2.24, 2.45) is 5.92 Å². The summed E-state index contributed by atoms with van der Waals surface area (Å²) in [5, 5.41) is 13.6. The molecule has 1 aliphatic carbocycles. The first-order valence-electron chi connectivity index (χ1n) is 15.2. The van der Waals surface area contributed by atoms with E-state index in [9.17, 15) is 27.9 Å². The van der Waals surface area contributed by atoms with Crippen molar-refractivity contribution >= 4 is 11.9 Å². The first kappa shape index (κ1) is 32.0. The number of nitrogens with one attached hydrogen (secondary N) is 1. The number of hydrogen-bond acceptors (Lipinski definition) is 3. The largest absolute Gasteiger partial charge is 0.480 e. The zero-order valence-corrected chi connectivity index (χ0v) is 25.0. The van der Waals surface area contributed by atoms with Gasteiger partial charge in [0.1, 0.15) is 5.41 Å². The van der Waals surface area contributed by atoms with Gasteiger partial charge in [-0.15, -0.1) is 0 Å². The van der Waals surface area contributed by atoms with Crippen molar-refractivity contribution in [1.82, 2.24) is 10.2 Å². The Morgan fingerprint density at radius 2 is 1.56 bits per heavy atom. The van der Waals surface area contributed by atoms with Crippen molar-refractivity contribution < 1.29 is 27.9 Å². The lowest BCUT2D eigenvalue weighted by Gasteiger charge is -2.42. The molecule has 2 aliphatic rings. The normalized spacial score (nSPS) is 21.3. The van der Waals surface area contributed by atoms with Crippen molar-refractivity contribution in [2.45, 2.75) is 43.3 Å². The van der Waals surface area contributed by atoms with Gasteiger partial charge in [-0.25, -0.2) is 0 Å². The summed E-state index contributed by atoms with van der Waals surface area (Å²) in [6, 6.07) is 21.0. The van der Waals surface area contributed by atoms with Crippen LogP contribution in [0.3, 0.4) is 0 Å². The number of hydrogen-bond donors (Lipinski definition) is 2. The van der Waals surface area contributed by atoms with Gasteiger partial charge in [0.25, 0.3) is 5.91 Å². The van der Waals surface area contributed by atoms with Crippen LogP contribution < -0.4 is 5.32 Å². The first-order chi connectivity index (χ1) is 21.6. The summed E-state index contributed by atoms with van der Waals surface area (Å²) in [4.78, 5) is 28.5. The highest BCUT2D eigenvalue weighted by Gasteiger charge is 2.47. The average molecular weight is 615 g/mol. The molecule has 5 rings (SSSR count). The molecule has 5 nitrogen and oxygen atoms in total. The predicted molar refractivity (Wildman–Crippen MR) is 170 cm³/mol. The van der Waals surface area contributed by atoms with Crippen LogP contribution in [0.25, 0.3) is 11.1 Å². The molecule has 2 unspecified atom stereocenters. The van der Waals surface area contributed by atoms with Crippen LogP contribution in [0.2, 0.25) is 0 Å². The number of amides is 1. The highest BCUT2D eigenvalue weighted by atomic mass is 19.4. The van der Waals surface area contributed by atoms with E-state index in [4.69, 9.17) is 0 Å². The number of carbonyl (C=O) groups is 2. The number of rotatable bonds is 9. The lowest BCUT2D eigenvalue weighted by molar-refractivity contribution is -0.143. The number of likely N-dealkylation sites (tertiary alicyclic amines) is 1. The average Bonchev–Trinajstić information content (AvgIpc) is 3.05. The number of carboxylic acids is 1. The fourth-order valence-corrected chi connectivity index (χ4v) is 6.88. The van der Waals surface area contributed by atoms with E-state index in [1.165, 1.54) is 12.1 Å². The molecule has 0 spiro atoms. The summed E-state index contributed by atoms with van der Waals surface area (Å²) in [6.45, 7) is 10.3. The molecular formula is C37H37F3N2O3. The number of allylic oxidation sites excluding steroid dienone is 2. The summed E-state index contributed by atoms with van der Waals surface area (Å²) in [7, 11) is 0. The lowest BCUT2D eigenvalue weighted by atomic mass is 9.63. The summed E-state index contributed by atoms with van der Waals surface area (Å²) in [5.41, 5.74) is 1.98. The molecule has 2 N–H and O–H groups in total. The zero-order valence-electron chi connectivity index (χ0n) is 25.0. The Balaban J connectivity index is 1.24. The van der Waals surface area contributed by atoms with E-state index >= 15 is 0 Å². The topological polar surface area (TPSA) is 69.6 Å². The monoisotopic (exact) mass is 614 g/mol. The summed E-state index contributed by atoms with van der Waals surface area (Å²) < 4.78 is 39.1. The number of aliphatic carboxylic acids is 1. The number of nitrogens with zero attached hydrogens (tertiary/aromatic N) is 1. The number of carboxylic acid groups (broad SMARTS) is 1. The van der Waals surface area contributed by atoms with Gasteiger partial charge in [0.15, 0.2) is 0 Å². The van der Waals surface area contributed by atoms with Gasteiger partial charge in [-0.05, 0) is 77.6 Å². The number of alkyl halides is 3. The number of carbonyl (C=O) groups excluding carboxylic acids is 1. The Hall–Kier alpha value is -4.43. The van der Waals surface area contributed by atoms with E-state index in [-0.39, 0.29) is 17.9 Å². The van der Waals surface area contributed by atoms with Crippen LogP contribution in [0.5, 0.6) is 0 Å². The molecule has 3 aromatic rings. The predicted octanol–water partition coefficient (Wildman–Crippen LogP) is 7.67. The zero-order chi connectivity index (χ0) is 32.2. The molecule has 1 heterocycles. The van der Waals surface area contributed by atoms with E-state index in [1.807, 2.05) is 30.3 Å². The maximum absolute atomic E-state index is 13.3. The molecule has 1 fully saturated rings. The molecule has 45 heavy (non-hydrogen) atoms.